The molecule has 0 saturated carbocycles. The molecule has 0 aromatic carbocycles. The lowest BCUT2D eigenvalue weighted by Gasteiger charge is -2.24. The van der Waals surface area contributed by atoms with Gasteiger partial charge in [-0.05, 0) is 180 Å². The number of hydrogen-bond donors (Lipinski definition) is 1. The van der Waals surface area contributed by atoms with Gasteiger partial charge in [-0.2, -0.15) is 0 Å². The van der Waals surface area contributed by atoms with Crippen LogP contribution in [0.5, 0.6) is 0 Å². The molecular formula is C92H141NO8P+. The summed E-state index contributed by atoms with van der Waals surface area (Å²) in [4.78, 5) is 36.0. The standard InChI is InChI=1S/C92H140NO8P/c1-6-8-10-12-14-16-18-20-22-24-26-28-30-32-34-36-38-40-42-44-45-46-47-49-51-53-55-57-59-61-63-65-67-69-71-73-75-77-79-81-83-85-92(95)101-90(89-100-102(96,97)99-87-86-93(3,4)5)88-98-91(94)84-82-80-78-76-74-72-70-68-66-64-62-60-58-56-54-52-50-48-43-41-39-37-35-33-31-29-27-25-23-21-19-17-15-13-11-9-7-2/h8-11,14-17,20-23,26-29,32-35,38-41,44-45,47-50,53-56,59-62,65-68,72,74,90H,6-7,12-13,18-19,24-25,30-31,36-37,42-43,46,51-52,57-58,63-64,69-71,73,75-89H2,1-5H3/p+1/b10-8-,11-9-,16-14-,17-15-,22-20-,23-21-,28-26-,29-27-,34-32-,35-33-,40-38-,41-39-,45-44-,49-47-,50-48-,55-53-,56-54-,61-59-,62-60-,67-65-,68-66-,74-72-. The molecule has 0 aromatic heterocycles. The van der Waals surface area contributed by atoms with E-state index in [1.54, 1.807) is 0 Å². The van der Waals surface area contributed by atoms with E-state index in [-0.39, 0.29) is 26.1 Å². The minimum Gasteiger partial charge on any atom is -0.462 e. The minimum absolute atomic E-state index is 0.00843. The van der Waals surface area contributed by atoms with Crippen molar-refractivity contribution >= 4 is 19.8 Å². The van der Waals surface area contributed by atoms with Crippen molar-refractivity contribution in [3.63, 3.8) is 0 Å². The van der Waals surface area contributed by atoms with E-state index in [4.69, 9.17) is 18.5 Å². The van der Waals surface area contributed by atoms with E-state index in [1.807, 2.05) is 21.1 Å². The number of nitrogens with zero attached hydrogens (tertiary/aromatic N) is 1. The molecule has 0 aliphatic carbocycles. The number of hydrogen-bond acceptors (Lipinski definition) is 7. The molecule has 10 heteroatoms. The number of rotatable bonds is 68. The average molecular weight is 1420 g/mol. The Morgan fingerprint density at radius 3 is 0.794 bits per heavy atom. The lowest BCUT2D eigenvalue weighted by molar-refractivity contribution is -0.870. The summed E-state index contributed by atoms with van der Waals surface area (Å²) in [7, 11) is 1.41. The molecule has 1 N–H and O–H groups in total. The first kappa shape index (κ1) is 95.3. The zero-order chi connectivity index (χ0) is 74.0. The number of allylic oxidation sites excluding steroid dienone is 44. The van der Waals surface area contributed by atoms with Gasteiger partial charge in [0, 0.05) is 12.8 Å². The fourth-order valence-electron chi connectivity index (χ4n) is 9.38. The highest BCUT2D eigenvalue weighted by atomic mass is 31.2. The predicted molar refractivity (Wildman–Crippen MR) is 444 cm³/mol. The number of phosphoric acid groups is 1. The highest BCUT2D eigenvalue weighted by molar-refractivity contribution is 7.47. The van der Waals surface area contributed by atoms with E-state index in [0.717, 1.165) is 193 Å². The Balaban J connectivity index is 4.22. The summed E-state index contributed by atoms with van der Waals surface area (Å²) in [5, 5.41) is 0. The summed E-state index contributed by atoms with van der Waals surface area (Å²) in [6.45, 7) is 4.11. The van der Waals surface area contributed by atoms with Crippen LogP contribution in [-0.2, 0) is 32.7 Å². The summed E-state index contributed by atoms with van der Waals surface area (Å²) in [6.07, 6.45) is 131. The number of quaternary nitrogens is 1. The molecule has 0 radical (unpaired) electrons. The van der Waals surface area contributed by atoms with Crippen LogP contribution in [-0.4, -0.2) is 74.9 Å². The molecule has 0 spiro atoms. The number of ether oxygens (including phenoxy) is 2. The number of likely N-dealkylation sites (N-methyl/N-ethyl adjacent to an activating group) is 1. The molecule has 0 rings (SSSR count). The number of esters is 2. The van der Waals surface area contributed by atoms with Crippen LogP contribution in [0.4, 0.5) is 0 Å². The predicted octanol–water partition coefficient (Wildman–Crippen LogP) is 26.6. The maximum Gasteiger partial charge on any atom is 0.472 e. The van der Waals surface area contributed by atoms with Gasteiger partial charge in [-0.1, -0.05) is 320 Å². The quantitative estimate of drug-likeness (QED) is 0.0211. The normalized spacial score (nSPS) is 14.5. The van der Waals surface area contributed by atoms with Crippen molar-refractivity contribution in [2.24, 2.45) is 0 Å². The molecule has 9 nitrogen and oxygen atoms in total. The Morgan fingerprint density at radius 1 is 0.304 bits per heavy atom. The van der Waals surface area contributed by atoms with Crippen LogP contribution in [0.1, 0.15) is 245 Å². The Kier molecular flexibility index (Phi) is 73.3. The van der Waals surface area contributed by atoms with E-state index < -0.39 is 32.5 Å². The Labute approximate surface area is 624 Å². The average Bonchev–Trinajstić information content (AvgIpc) is 0.916. The van der Waals surface area contributed by atoms with Crippen LogP contribution in [0.15, 0.2) is 267 Å². The second kappa shape index (κ2) is 78.4. The van der Waals surface area contributed by atoms with Crippen molar-refractivity contribution in [1.82, 2.24) is 0 Å². The fraction of sp³-hybridized carbons (Fsp3) is 0.500. The van der Waals surface area contributed by atoms with Crippen LogP contribution in [0.2, 0.25) is 0 Å². The highest BCUT2D eigenvalue weighted by Gasteiger charge is 2.27. The van der Waals surface area contributed by atoms with E-state index in [1.165, 1.54) is 12.8 Å². The van der Waals surface area contributed by atoms with Gasteiger partial charge in [0.15, 0.2) is 6.10 Å². The molecule has 102 heavy (non-hydrogen) atoms. The first-order valence-electron chi connectivity index (χ1n) is 39.1. The van der Waals surface area contributed by atoms with Gasteiger partial charge in [-0.3, -0.25) is 18.6 Å². The van der Waals surface area contributed by atoms with Gasteiger partial charge in [0.25, 0.3) is 0 Å². The van der Waals surface area contributed by atoms with Gasteiger partial charge < -0.3 is 18.9 Å². The first-order chi connectivity index (χ1) is 50.0. The van der Waals surface area contributed by atoms with Crippen molar-refractivity contribution in [3.05, 3.63) is 267 Å². The molecule has 0 aromatic rings. The first-order valence-corrected chi connectivity index (χ1v) is 40.6. The molecule has 0 aliphatic rings. The summed E-state index contributed by atoms with van der Waals surface area (Å²) >= 11 is 0. The SMILES string of the molecule is CC/C=C\C/C=C\C/C=C\C/C=C\C/C=C\C/C=C\C/C=C\C/C=C\C/C=C\C/C=C\C/C=C\CCCCCCCCCC(=O)OC(COC(=O)CCCCC/C=C\C/C=C\C/C=C\C/C=C\C/C=C\C/C=C\C/C=C\C/C=C\C/C=C\C/C=C\C/C=C\CC)COP(=O)(O)OCC[N+](C)(C)C. The molecule has 0 bridgehead atoms. The van der Waals surface area contributed by atoms with Crippen molar-refractivity contribution < 1.29 is 42.1 Å². The number of carbonyl (C=O) groups is 2. The van der Waals surface area contributed by atoms with Crippen LogP contribution >= 0.6 is 7.82 Å². The molecular weight excluding hydrogens is 1280 g/mol. The van der Waals surface area contributed by atoms with Crippen LogP contribution in [0.3, 0.4) is 0 Å². The smallest absolute Gasteiger partial charge is 0.462 e. The number of phosphoric ester groups is 1. The van der Waals surface area contributed by atoms with Crippen molar-refractivity contribution in [1.29, 1.82) is 0 Å². The summed E-state index contributed by atoms with van der Waals surface area (Å²) in [6, 6.07) is 0. The lowest BCUT2D eigenvalue weighted by atomic mass is 10.1. The van der Waals surface area contributed by atoms with E-state index in [2.05, 4.69) is 281 Å². The summed E-state index contributed by atoms with van der Waals surface area (Å²) in [5.41, 5.74) is 0. The van der Waals surface area contributed by atoms with Crippen LogP contribution < -0.4 is 0 Å². The second-order valence-corrected chi connectivity index (χ2v) is 27.4. The van der Waals surface area contributed by atoms with Crippen molar-refractivity contribution in [2.45, 2.75) is 251 Å². The zero-order valence-corrected chi connectivity index (χ0v) is 65.4. The number of carbonyl (C=O) groups excluding carboxylic acids is 2. The zero-order valence-electron chi connectivity index (χ0n) is 64.5. The van der Waals surface area contributed by atoms with E-state index >= 15 is 0 Å². The third-order valence-corrected chi connectivity index (χ3v) is 16.2. The van der Waals surface area contributed by atoms with Gasteiger partial charge >= 0.3 is 19.8 Å². The molecule has 0 aliphatic heterocycles. The molecule has 0 amide bonds. The Morgan fingerprint density at radius 2 is 0.529 bits per heavy atom. The molecule has 0 fully saturated rings. The fourth-order valence-corrected chi connectivity index (χ4v) is 10.1. The molecule has 0 heterocycles. The maximum absolute atomic E-state index is 12.9. The van der Waals surface area contributed by atoms with E-state index in [9.17, 15) is 19.0 Å². The van der Waals surface area contributed by atoms with Crippen LogP contribution in [0, 0.1) is 0 Å². The third-order valence-electron chi connectivity index (χ3n) is 15.3. The van der Waals surface area contributed by atoms with Gasteiger partial charge in [0.05, 0.1) is 27.7 Å². The summed E-state index contributed by atoms with van der Waals surface area (Å²) in [5.74, 6) is -0.871. The van der Waals surface area contributed by atoms with E-state index in [0.29, 0.717) is 23.9 Å². The lowest BCUT2D eigenvalue weighted by Crippen LogP contribution is -2.37. The monoisotopic (exact) mass is 1420 g/mol. The van der Waals surface area contributed by atoms with Crippen LogP contribution in [0.25, 0.3) is 0 Å². The molecule has 566 valence electrons. The van der Waals surface area contributed by atoms with Gasteiger partial charge in [0.1, 0.15) is 19.8 Å². The largest absolute Gasteiger partial charge is 0.472 e. The molecule has 0 saturated heterocycles. The third kappa shape index (κ3) is 82.2. The molecule has 2 atom stereocenters. The topological polar surface area (TPSA) is 108 Å². The summed E-state index contributed by atoms with van der Waals surface area (Å²) < 4.78 is 34.7. The molecule has 2 unspecified atom stereocenters. The van der Waals surface area contributed by atoms with Crippen molar-refractivity contribution in [3.8, 4) is 0 Å². The van der Waals surface area contributed by atoms with Gasteiger partial charge in [-0.25, -0.2) is 4.57 Å². The minimum atomic E-state index is -4.43. The van der Waals surface area contributed by atoms with Gasteiger partial charge in [0.2, 0.25) is 0 Å². The Hall–Kier alpha value is -6.71. The van der Waals surface area contributed by atoms with Gasteiger partial charge in [-0.15, -0.1) is 0 Å². The highest BCUT2D eigenvalue weighted by Crippen LogP contribution is 2.43. The van der Waals surface area contributed by atoms with Crippen molar-refractivity contribution in [2.75, 3.05) is 47.5 Å². The second-order valence-electron chi connectivity index (χ2n) is 25.9. The maximum atomic E-state index is 12.9. The Bertz CT molecular complexity index is 2730. The number of unbranched alkanes of at least 4 members (excludes halogenated alkanes) is 10.